The SMILES string of the molecule is CCCCCc1ccc(COc2ccc(-c3ccc(OC)cc3F)cc2)c(F)c1F. The summed E-state index contributed by atoms with van der Waals surface area (Å²) in [7, 11) is 1.48. The fraction of sp³-hybridized carbons (Fsp3) is 0.280. The molecule has 0 radical (unpaired) electrons. The number of ether oxygens (including phenoxy) is 2. The average molecular weight is 414 g/mol. The first kappa shape index (κ1) is 21.8. The minimum atomic E-state index is -0.860. The molecule has 3 aromatic carbocycles. The van der Waals surface area contributed by atoms with Crippen molar-refractivity contribution in [3.8, 4) is 22.6 Å². The highest BCUT2D eigenvalue weighted by molar-refractivity contribution is 5.65. The minimum absolute atomic E-state index is 0.0891. The van der Waals surface area contributed by atoms with Gasteiger partial charge in [0.15, 0.2) is 11.6 Å². The molecule has 0 fully saturated rings. The first-order valence-corrected chi connectivity index (χ1v) is 10.1. The van der Waals surface area contributed by atoms with Crippen molar-refractivity contribution in [2.24, 2.45) is 0 Å². The van der Waals surface area contributed by atoms with Crippen LogP contribution in [0.4, 0.5) is 13.2 Å². The maximum absolute atomic E-state index is 14.4. The Bertz CT molecular complexity index is 984. The Labute approximate surface area is 175 Å². The topological polar surface area (TPSA) is 18.5 Å². The number of benzene rings is 3. The third kappa shape index (κ3) is 5.15. The molecule has 0 unspecified atom stereocenters. The van der Waals surface area contributed by atoms with E-state index in [4.69, 9.17) is 9.47 Å². The second-order valence-corrected chi connectivity index (χ2v) is 7.13. The third-order valence-corrected chi connectivity index (χ3v) is 5.03. The van der Waals surface area contributed by atoms with Crippen LogP contribution < -0.4 is 9.47 Å². The standard InChI is InChI=1S/C25H25F3O2/c1-3-4-5-6-18-7-8-19(25(28)24(18)27)16-30-20-11-9-17(10-12-20)22-14-13-21(29-2)15-23(22)26/h7-15H,3-6,16H2,1-2H3. The highest BCUT2D eigenvalue weighted by atomic mass is 19.2. The lowest BCUT2D eigenvalue weighted by Gasteiger charge is -2.11. The van der Waals surface area contributed by atoms with Gasteiger partial charge in [-0.25, -0.2) is 13.2 Å². The molecule has 0 aliphatic heterocycles. The van der Waals surface area contributed by atoms with Crippen molar-refractivity contribution in [2.45, 2.75) is 39.2 Å². The highest BCUT2D eigenvalue weighted by Gasteiger charge is 2.14. The fourth-order valence-electron chi connectivity index (χ4n) is 3.25. The second-order valence-electron chi connectivity index (χ2n) is 7.13. The van der Waals surface area contributed by atoms with Gasteiger partial charge in [0.1, 0.15) is 23.9 Å². The zero-order valence-corrected chi connectivity index (χ0v) is 17.2. The molecule has 0 aliphatic rings. The van der Waals surface area contributed by atoms with Crippen LogP contribution >= 0.6 is 0 Å². The molecule has 0 saturated carbocycles. The molecule has 5 heteroatoms. The van der Waals surface area contributed by atoms with Crippen LogP contribution in [-0.4, -0.2) is 7.11 Å². The van der Waals surface area contributed by atoms with Crippen LogP contribution in [0.5, 0.6) is 11.5 Å². The first-order valence-electron chi connectivity index (χ1n) is 10.1. The van der Waals surface area contributed by atoms with Gasteiger partial charge in [0.2, 0.25) is 0 Å². The summed E-state index contributed by atoms with van der Waals surface area (Å²) in [6.45, 7) is 1.98. The van der Waals surface area contributed by atoms with Gasteiger partial charge in [0, 0.05) is 17.2 Å². The summed E-state index contributed by atoms with van der Waals surface area (Å²) in [4.78, 5) is 0. The Morgan fingerprint density at radius 2 is 1.43 bits per heavy atom. The number of hydrogen-bond acceptors (Lipinski definition) is 2. The van der Waals surface area contributed by atoms with E-state index in [0.717, 1.165) is 19.3 Å². The molecule has 0 N–H and O–H groups in total. The largest absolute Gasteiger partial charge is 0.497 e. The molecule has 158 valence electrons. The third-order valence-electron chi connectivity index (χ3n) is 5.03. The lowest BCUT2D eigenvalue weighted by atomic mass is 10.0. The molecule has 0 atom stereocenters. The van der Waals surface area contributed by atoms with Gasteiger partial charge in [-0.3, -0.25) is 0 Å². The van der Waals surface area contributed by atoms with Gasteiger partial charge in [-0.1, -0.05) is 44.0 Å². The molecule has 0 saturated heterocycles. The van der Waals surface area contributed by atoms with Crippen molar-refractivity contribution < 1.29 is 22.6 Å². The molecule has 0 bridgehead atoms. The van der Waals surface area contributed by atoms with Gasteiger partial charge in [0.25, 0.3) is 0 Å². The molecule has 3 aromatic rings. The maximum Gasteiger partial charge on any atom is 0.165 e. The molecule has 0 aromatic heterocycles. The molecular weight excluding hydrogens is 389 g/mol. The van der Waals surface area contributed by atoms with E-state index in [0.29, 0.717) is 34.6 Å². The van der Waals surface area contributed by atoms with E-state index in [-0.39, 0.29) is 18.0 Å². The van der Waals surface area contributed by atoms with Crippen molar-refractivity contribution in [1.82, 2.24) is 0 Å². The average Bonchev–Trinajstić information content (AvgIpc) is 2.76. The maximum atomic E-state index is 14.4. The van der Waals surface area contributed by atoms with Gasteiger partial charge in [-0.15, -0.1) is 0 Å². The summed E-state index contributed by atoms with van der Waals surface area (Å²) in [6, 6.07) is 14.6. The van der Waals surface area contributed by atoms with Crippen LogP contribution in [0.25, 0.3) is 11.1 Å². The number of aryl methyl sites for hydroxylation is 1. The molecule has 0 spiro atoms. The van der Waals surface area contributed by atoms with Crippen LogP contribution in [0.2, 0.25) is 0 Å². The highest BCUT2D eigenvalue weighted by Crippen LogP contribution is 2.28. The molecule has 30 heavy (non-hydrogen) atoms. The van der Waals surface area contributed by atoms with Crippen molar-refractivity contribution >= 4 is 0 Å². The van der Waals surface area contributed by atoms with Crippen LogP contribution in [0.15, 0.2) is 54.6 Å². The van der Waals surface area contributed by atoms with Crippen molar-refractivity contribution in [2.75, 3.05) is 7.11 Å². The monoisotopic (exact) mass is 414 g/mol. The zero-order chi connectivity index (χ0) is 21.5. The van der Waals surface area contributed by atoms with Crippen molar-refractivity contribution in [1.29, 1.82) is 0 Å². The summed E-state index contributed by atoms with van der Waals surface area (Å²) in [5, 5.41) is 0. The summed E-state index contributed by atoms with van der Waals surface area (Å²) < 4.78 is 53.5. The van der Waals surface area contributed by atoms with E-state index in [1.165, 1.54) is 13.2 Å². The summed E-state index contributed by atoms with van der Waals surface area (Å²) in [6.07, 6.45) is 3.38. The lowest BCUT2D eigenvalue weighted by molar-refractivity contribution is 0.297. The molecule has 0 amide bonds. The lowest BCUT2D eigenvalue weighted by Crippen LogP contribution is -2.03. The van der Waals surface area contributed by atoms with E-state index < -0.39 is 11.6 Å². The molecular formula is C25H25F3O2. The molecule has 0 heterocycles. The Morgan fingerprint density at radius 3 is 2.10 bits per heavy atom. The minimum Gasteiger partial charge on any atom is -0.497 e. The Kier molecular flexibility index (Phi) is 7.39. The first-order chi connectivity index (χ1) is 14.5. The van der Waals surface area contributed by atoms with Crippen LogP contribution in [-0.2, 0) is 13.0 Å². The van der Waals surface area contributed by atoms with Crippen LogP contribution in [0.3, 0.4) is 0 Å². The zero-order valence-electron chi connectivity index (χ0n) is 17.2. The van der Waals surface area contributed by atoms with Crippen LogP contribution in [0.1, 0.15) is 37.3 Å². The quantitative estimate of drug-likeness (QED) is 0.348. The van der Waals surface area contributed by atoms with E-state index in [1.807, 2.05) is 0 Å². The second kappa shape index (κ2) is 10.2. The predicted molar refractivity (Wildman–Crippen MR) is 112 cm³/mol. The number of methoxy groups -OCH3 is 1. The van der Waals surface area contributed by atoms with E-state index >= 15 is 0 Å². The smallest absolute Gasteiger partial charge is 0.165 e. The molecule has 0 aliphatic carbocycles. The number of halogens is 3. The van der Waals surface area contributed by atoms with Crippen molar-refractivity contribution in [3.63, 3.8) is 0 Å². The molecule has 2 nitrogen and oxygen atoms in total. The van der Waals surface area contributed by atoms with E-state index in [9.17, 15) is 13.2 Å². The predicted octanol–water partition coefficient (Wildman–Crippen LogP) is 7.09. The fourth-order valence-corrected chi connectivity index (χ4v) is 3.25. The van der Waals surface area contributed by atoms with Crippen LogP contribution in [0, 0.1) is 17.5 Å². The van der Waals surface area contributed by atoms with E-state index in [2.05, 4.69) is 6.92 Å². The summed E-state index contributed by atoms with van der Waals surface area (Å²) in [5.74, 6) is -1.11. The summed E-state index contributed by atoms with van der Waals surface area (Å²) >= 11 is 0. The Hall–Kier alpha value is -2.95. The van der Waals surface area contributed by atoms with E-state index in [1.54, 1.807) is 48.5 Å². The molecule has 3 rings (SSSR count). The Morgan fingerprint density at radius 1 is 0.767 bits per heavy atom. The van der Waals surface area contributed by atoms with Crippen molar-refractivity contribution in [3.05, 3.63) is 83.2 Å². The number of hydrogen-bond donors (Lipinski definition) is 0. The van der Waals surface area contributed by atoms with Gasteiger partial charge >= 0.3 is 0 Å². The van der Waals surface area contributed by atoms with Gasteiger partial charge < -0.3 is 9.47 Å². The normalized spacial score (nSPS) is 10.8. The van der Waals surface area contributed by atoms with Gasteiger partial charge in [0.05, 0.1) is 7.11 Å². The number of unbranched alkanes of at least 4 members (excludes halogenated alkanes) is 2. The number of rotatable bonds is 9. The Balaban J connectivity index is 1.66. The van der Waals surface area contributed by atoms with Gasteiger partial charge in [-0.05, 0) is 48.2 Å². The summed E-state index contributed by atoms with van der Waals surface area (Å²) in [5.41, 5.74) is 1.68. The van der Waals surface area contributed by atoms with Gasteiger partial charge in [-0.2, -0.15) is 0 Å².